The van der Waals surface area contributed by atoms with Crippen LogP contribution in [0, 0.1) is 0 Å². The minimum atomic E-state index is 0.409. The van der Waals surface area contributed by atoms with E-state index in [1.165, 1.54) is 0 Å². The van der Waals surface area contributed by atoms with E-state index in [2.05, 4.69) is 15.5 Å². The molecule has 2 rings (SSSR count). The van der Waals surface area contributed by atoms with Gasteiger partial charge in [-0.2, -0.15) is 11.3 Å². The van der Waals surface area contributed by atoms with E-state index in [1.54, 1.807) is 11.3 Å². The number of thiophene rings is 1. The van der Waals surface area contributed by atoms with Crippen LogP contribution in [-0.2, 0) is 6.42 Å². The molecule has 0 fully saturated rings. The van der Waals surface area contributed by atoms with Gasteiger partial charge in [0.1, 0.15) is 0 Å². The molecule has 0 bridgehead atoms. The first-order valence-electron chi connectivity index (χ1n) is 4.20. The van der Waals surface area contributed by atoms with Crippen LogP contribution >= 0.6 is 11.3 Å². The summed E-state index contributed by atoms with van der Waals surface area (Å²) in [6.45, 7) is 0.514. The van der Waals surface area contributed by atoms with Crippen LogP contribution in [0.4, 0.5) is 11.7 Å². The SMILES string of the molecule is NCCc1nnc(Nc2ccsc2)o1. The summed E-state index contributed by atoms with van der Waals surface area (Å²) in [7, 11) is 0. The summed E-state index contributed by atoms with van der Waals surface area (Å²) < 4.78 is 5.29. The lowest BCUT2D eigenvalue weighted by Gasteiger charge is -1.94. The summed E-state index contributed by atoms with van der Waals surface area (Å²) in [4.78, 5) is 0. The van der Waals surface area contributed by atoms with Crippen LogP contribution in [0.25, 0.3) is 0 Å². The van der Waals surface area contributed by atoms with E-state index >= 15 is 0 Å². The number of nitrogens with two attached hydrogens (primary N) is 1. The van der Waals surface area contributed by atoms with Crippen molar-refractivity contribution in [2.24, 2.45) is 5.73 Å². The first-order valence-corrected chi connectivity index (χ1v) is 5.14. The Kier molecular flexibility index (Phi) is 2.76. The Morgan fingerprint density at radius 2 is 2.43 bits per heavy atom. The van der Waals surface area contributed by atoms with Crippen LogP contribution in [0.3, 0.4) is 0 Å². The van der Waals surface area contributed by atoms with Crippen molar-refractivity contribution in [2.45, 2.75) is 6.42 Å². The smallest absolute Gasteiger partial charge is 0.320 e. The van der Waals surface area contributed by atoms with Crippen molar-refractivity contribution in [3.05, 3.63) is 22.7 Å². The van der Waals surface area contributed by atoms with E-state index in [4.69, 9.17) is 10.2 Å². The number of hydrogen-bond acceptors (Lipinski definition) is 6. The topological polar surface area (TPSA) is 77.0 Å². The quantitative estimate of drug-likeness (QED) is 0.797. The maximum Gasteiger partial charge on any atom is 0.320 e. The van der Waals surface area contributed by atoms with Crippen LogP contribution in [0.5, 0.6) is 0 Å². The van der Waals surface area contributed by atoms with Gasteiger partial charge in [-0.1, -0.05) is 5.10 Å². The van der Waals surface area contributed by atoms with Gasteiger partial charge in [0.05, 0.1) is 5.69 Å². The van der Waals surface area contributed by atoms with Gasteiger partial charge in [-0.25, -0.2) is 0 Å². The number of nitrogens with one attached hydrogen (secondary N) is 1. The van der Waals surface area contributed by atoms with E-state index in [9.17, 15) is 0 Å². The summed E-state index contributed by atoms with van der Waals surface area (Å²) in [5, 5.41) is 14.6. The summed E-state index contributed by atoms with van der Waals surface area (Å²) in [5.74, 6) is 0.560. The van der Waals surface area contributed by atoms with E-state index in [1.807, 2.05) is 16.8 Å². The van der Waals surface area contributed by atoms with Crippen molar-refractivity contribution < 1.29 is 4.42 Å². The Bertz CT molecular complexity index is 384. The molecule has 2 aromatic rings. The number of hydrogen-bond donors (Lipinski definition) is 2. The fourth-order valence-corrected chi connectivity index (χ4v) is 1.58. The van der Waals surface area contributed by atoms with Gasteiger partial charge in [0.15, 0.2) is 0 Å². The zero-order valence-electron chi connectivity index (χ0n) is 7.43. The van der Waals surface area contributed by atoms with E-state index < -0.39 is 0 Å². The maximum absolute atomic E-state index is 5.36. The molecule has 2 heterocycles. The summed E-state index contributed by atoms with van der Waals surface area (Å²) in [5.41, 5.74) is 6.32. The largest absolute Gasteiger partial charge is 0.408 e. The van der Waals surface area contributed by atoms with Gasteiger partial charge in [0, 0.05) is 18.3 Å². The van der Waals surface area contributed by atoms with E-state index in [-0.39, 0.29) is 0 Å². The maximum atomic E-state index is 5.36. The highest BCUT2D eigenvalue weighted by Crippen LogP contribution is 2.17. The third-order valence-corrected chi connectivity index (χ3v) is 2.28. The van der Waals surface area contributed by atoms with Crippen molar-refractivity contribution in [1.82, 2.24) is 10.2 Å². The van der Waals surface area contributed by atoms with Gasteiger partial charge < -0.3 is 15.5 Å². The number of nitrogens with zero attached hydrogens (tertiary/aromatic N) is 2. The molecule has 0 aliphatic rings. The molecule has 0 atom stereocenters. The van der Waals surface area contributed by atoms with Crippen molar-refractivity contribution >= 4 is 23.0 Å². The van der Waals surface area contributed by atoms with Crippen LogP contribution in [0.1, 0.15) is 5.89 Å². The molecule has 0 aromatic carbocycles. The standard InChI is InChI=1S/C8H10N4OS/c9-3-1-7-11-12-8(13-7)10-6-2-4-14-5-6/h2,4-5H,1,3,9H2,(H,10,12). The third-order valence-electron chi connectivity index (χ3n) is 1.60. The fourth-order valence-electron chi connectivity index (χ4n) is 0.988. The average Bonchev–Trinajstić information content (AvgIpc) is 2.79. The molecule has 0 radical (unpaired) electrons. The zero-order valence-corrected chi connectivity index (χ0v) is 8.25. The molecule has 74 valence electrons. The first kappa shape index (κ1) is 9.17. The zero-order chi connectivity index (χ0) is 9.80. The van der Waals surface area contributed by atoms with Crippen LogP contribution in [0.2, 0.25) is 0 Å². The molecule has 6 heteroatoms. The van der Waals surface area contributed by atoms with Crippen LogP contribution in [0.15, 0.2) is 21.2 Å². The summed E-state index contributed by atoms with van der Waals surface area (Å²) in [6.07, 6.45) is 0.609. The first-order chi connectivity index (χ1) is 6.88. The number of aromatic nitrogens is 2. The lowest BCUT2D eigenvalue weighted by Crippen LogP contribution is -2.02. The molecule has 0 saturated heterocycles. The van der Waals surface area contributed by atoms with Crippen molar-refractivity contribution in [2.75, 3.05) is 11.9 Å². The number of anilines is 2. The minimum absolute atomic E-state index is 0.409. The molecule has 0 unspecified atom stereocenters. The van der Waals surface area contributed by atoms with Gasteiger partial charge >= 0.3 is 6.01 Å². The van der Waals surface area contributed by atoms with E-state index in [0.29, 0.717) is 24.9 Å². The van der Waals surface area contributed by atoms with Gasteiger partial charge in [-0.15, -0.1) is 5.10 Å². The predicted molar refractivity (Wildman–Crippen MR) is 54.7 cm³/mol. The predicted octanol–water partition coefficient (Wildman–Crippen LogP) is 1.38. The molecule has 0 spiro atoms. The molecule has 2 aromatic heterocycles. The molecule has 0 amide bonds. The van der Waals surface area contributed by atoms with Crippen molar-refractivity contribution in [3.63, 3.8) is 0 Å². The van der Waals surface area contributed by atoms with Crippen LogP contribution < -0.4 is 11.1 Å². The molecule has 0 aliphatic carbocycles. The average molecular weight is 210 g/mol. The Balaban J connectivity index is 2.03. The Hall–Kier alpha value is -1.40. The van der Waals surface area contributed by atoms with Crippen LogP contribution in [-0.4, -0.2) is 16.7 Å². The fraction of sp³-hybridized carbons (Fsp3) is 0.250. The lowest BCUT2D eigenvalue weighted by molar-refractivity contribution is 0.510. The van der Waals surface area contributed by atoms with Gasteiger partial charge in [0.25, 0.3) is 0 Å². The van der Waals surface area contributed by atoms with Gasteiger partial charge in [0.2, 0.25) is 5.89 Å². The summed E-state index contributed by atoms with van der Waals surface area (Å²) in [6, 6.07) is 2.35. The normalized spacial score (nSPS) is 10.4. The minimum Gasteiger partial charge on any atom is -0.408 e. The molecular formula is C8H10N4OS. The summed E-state index contributed by atoms with van der Waals surface area (Å²) >= 11 is 1.60. The molecule has 3 N–H and O–H groups in total. The van der Waals surface area contributed by atoms with Gasteiger partial charge in [-0.05, 0) is 11.4 Å². The molecular weight excluding hydrogens is 200 g/mol. The highest BCUT2D eigenvalue weighted by molar-refractivity contribution is 7.08. The Morgan fingerprint density at radius 3 is 3.14 bits per heavy atom. The second kappa shape index (κ2) is 4.21. The number of rotatable bonds is 4. The third kappa shape index (κ3) is 2.09. The monoisotopic (exact) mass is 210 g/mol. The highest BCUT2D eigenvalue weighted by atomic mass is 32.1. The van der Waals surface area contributed by atoms with E-state index in [0.717, 1.165) is 5.69 Å². The molecule has 0 saturated carbocycles. The second-order valence-corrected chi connectivity index (χ2v) is 3.46. The molecule has 0 aliphatic heterocycles. The molecule has 5 nitrogen and oxygen atoms in total. The van der Waals surface area contributed by atoms with Gasteiger partial charge in [-0.3, -0.25) is 0 Å². The molecule has 14 heavy (non-hydrogen) atoms. The second-order valence-electron chi connectivity index (χ2n) is 2.68. The Morgan fingerprint density at radius 1 is 1.50 bits per heavy atom. The lowest BCUT2D eigenvalue weighted by atomic mass is 10.4. The van der Waals surface area contributed by atoms with Crippen molar-refractivity contribution in [3.8, 4) is 0 Å². The Labute approximate surface area is 85.0 Å². The highest BCUT2D eigenvalue weighted by Gasteiger charge is 2.04. The van der Waals surface area contributed by atoms with Crippen molar-refractivity contribution in [1.29, 1.82) is 0 Å².